The van der Waals surface area contributed by atoms with Gasteiger partial charge in [-0.05, 0) is 124 Å². The van der Waals surface area contributed by atoms with Gasteiger partial charge in [0, 0.05) is 134 Å². The fourth-order valence-corrected chi connectivity index (χ4v) is 17.7. The third-order valence-corrected chi connectivity index (χ3v) is 22.9. The summed E-state index contributed by atoms with van der Waals surface area (Å²) in [6, 6.07) is 23.6. The summed E-state index contributed by atoms with van der Waals surface area (Å²) in [5.41, 5.74) is 3.86. The summed E-state index contributed by atoms with van der Waals surface area (Å²) in [4.78, 5) is 71.1. The monoisotopic (exact) mass is 1350 g/mol. The highest BCUT2D eigenvalue weighted by molar-refractivity contribution is 6.37. The largest absolute Gasteiger partial charge is 0.461 e. The lowest BCUT2D eigenvalue weighted by Gasteiger charge is -2.36. The van der Waals surface area contributed by atoms with Gasteiger partial charge in [0.2, 0.25) is 11.8 Å². The smallest absolute Gasteiger partial charge is 0.319 e. The molecule has 6 saturated heterocycles. The Balaban J connectivity index is 0.681. The molecule has 4 aromatic carbocycles. The Bertz CT molecular complexity index is 4540. The topological polar surface area (TPSA) is 202 Å². The number of pyridine rings is 1. The number of fused-ring (bicyclic) bond motifs is 6. The van der Waals surface area contributed by atoms with E-state index in [4.69, 9.17) is 62.1 Å². The summed E-state index contributed by atoms with van der Waals surface area (Å²) in [7, 11) is 3.91. The number of carbonyl (C=O) groups is 2. The molecule has 3 unspecified atom stereocenters. The van der Waals surface area contributed by atoms with Gasteiger partial charge in [-0.25, -0.2) is 8.78 Å². The number of benzene rings is 4. The van der Waals surface area contributed by atoms with Crippen LogP contribution in [0.2, 0.25) is 10.0 Å². The molecule has 1 saturated carbocycles. The van der Waals surface area contributed by atoms with Crippen molar-refractivity contribution in [2.45, 2.75) is 137 Å². The number of ether oxygens (including phenoxy) is 2. The minimum Gasteiger partial charge on any atom is -0.461 e. The molecule has 500 valence electrons. The number of aromatic nitrogens is 7. The van der Waals surface area contributed by atoms with Crippen molar-refractivity contribution >= 4 is 90.9 Å². The molecule has 7 aliphatic heterocycles. The maximum Gasteiger partial charge on any atom is 0.319 e. The normalized spacial score (nSPS) is 24.8. The van der Waals surface area contributed by atoms with E-state index in [0.29, 0.717) is 108 Å². The zero-order valence-electron chi connectivity index (χ0n) is 54.4. The van der Waals surface area contributed by atoms with Crippen LogP contribution in [0.15, 0.2) is 96.2 Å². The fraction of sp³-hybridized carbons (Fsp3) is 0.452. The molecule has 11 heterocycles. The molecule has 2 amide bonds. The third-order valence-electron chi connectivity index (χ3n) is 22.3. The van der Waals surface area contributed by atoms with Crippen molar-refractivity contribution in [1.29, 1.82) is 5.26 Å². The van der Waals surface area contributed by atoms with E-state index in [-0.39, 0.29) is 78.8 Å². The summed E-state index contributed by atoms with van der Waals surface area (Å²) in [5, 5.41) is 18.9. The van der Waals surface area contributed by atoms with Gasteiger partial charge in [-0.2, -0.15) is 30.2 Å². The number of likely N-dealkylation sites (tertiary alicyclic amines) is 2. The number of likely N-dealkylation sites (N-methyl/N-ethyl adjacent to an activating group) is 2. The van der Waals surface area contributed by atoms with Gasteiger partial charge in [0.15, 0.2) is 11.6 Å². The Morgan fingerprint density at radius 1 is 0.814 bits per heavy atom. The number of rotatable bonds is 18. The second-order valence-corrected chi connectivity index (χ2v) is 28.6. The molecular formula is C73H75Cl2F2N15O5. The Morgan fingerprint density at radius 2 is 1.58 bits per heavy atom. The van der Waals surface area contributed by atoms with Gasteiger partial charge >= 0.3 is 12.0 Å². The van der Waals surface area contributed by atoms with E-state index in [1.54, 1.807) is 29.3 Å². The van der Waals surface area contributed by atoms with Gasteiger partial charge in [-0.15, -0.1) is 0 Å². The lowest BCUT2D eigenvalue weighted by atomic mass is 9.93. The second kappa shape index (κ2) is 25.3. The number of alkyl halides is 1. The molecule has 8 aliphatic rings. The van der Waals surface area contributed by atoms with E-state index in [1.165, 1.54) is 17.7 Å². The van der Waals surface area contributed by atoms with Crippen LogP contribution < -0.4 is 24.2 Å². The Labute approximate surface area is 570 Å². The number of nitrogens with zero attached hydrogens (tertiary/aromatic N) is 15. The number of nitriles is 1. The van der Waals surface area contributed by atoms with Crippen molar-refractivity contribution in [3.8, 4) is 29.3 Å². The van der Waals surface area contributed by atoms with Gasteiger partial charge in [-0.3, -0.25) is 24.4 Å². The highest BCUT2D eigenvalue weighted by atomic mass is 35.5. The minimum atomic E-state index is -0.906. The van der Waals surface area contributed by atoms with E-state index >= 15 is 8.78 Å². The summed E-state index contributed by atoms with van der Waals surface area (Å²) in [6.07, 6.45) is 14.9. The van der Waals surface area contributed by atoms with Crippen LogP contribution >= 0.6 is 23.2 Å². The molecule has 0 bridgehead atoms. The zero-order valence-corrected chi connectivity index (χ0v) is 55.9. The van der Waals surface area contributed by atoms with Crippen molar-refractivity contribution in [1.82, 2.24) is 54.7 Å². The van der Waals surface area contributed by atoms with Crippen LogP contribution in [-0.2, 0) is 22.6 Å². The average molecular weight is 1350 g/mol. The first-order valence-electron chi connectivity index (χ1n) is 34.0. The van der Waals surface area contributed by atoms with E-state index < -0.39 is 23.1 Å². The van der Waals surface area contributed by atoms with E-state index in [2.05, 4.69) is 60.6 Å². The van der Waals surface area contributed by atoms with E-state index in [9.17, 15) is 14.9 Å². The average Bonchev–Trinajstić information content (AvgIpc) is 1.72. The predicted octanol–water partition coefficient (Wildman–Crippen LogP) is 12.0. The number of halogens is 4. The van der Waals surface area contributed by atoms with Crippen LogP contribution in [0.5, 0.6) is 12.0 Å². The molecule has 20 nitrogen and oxygen atoms in total. The van der Waals surface area contributed by atoms with Gasteiger partial charge in [-0.1, -0.05) is 83.5 Å². The SMILES string of the molecule is C=CC(=O)N1C[C@H](N(C)c2nc(OCC34CCCN3C(c3ccc(N5CCc6c(nc(OCC78CCCN7C[C@H](F)C8)nc6N(C)[C@@H]6CCN(C(=O)/C=C/c7nc(C8CC8)no7)C6)C5)c5c(Cl)cccc35)CC4)nc3c(F)c(-c4cccc5cccc(Cl)c45)ncc23)C[C@H]1CC#N. The van der Waals surface area contributed by atoms with Crippen LogP contribution in [0.25, 0.3) is 49.8 Å². The maximum absolute atomic E-state index is 17.7. The first kappa shape index (κ1) is 63.1. The number of amides is 2. The first-order chi connectivity index (χ1) is 47.2. The summed E-state index contributed by atoms with van der Waals surface area (Å²) < 4.78 is 51.7. The maximum atomic E-state index is 17.7. The number of hydrogen-bond donors (Lipinski definition) is 0. The quantitative estimate of drug-likeness (QED) is 0.0733. The van der Waals surface area contributed by atoms with Crippen molar-refractivity contribution in [2.24, 2.45) is 0 Å². The zero-order chi connectivity index (χ0) is 66.4. The lowest BCUT2D eigenvalue weighted by molar-refractivity contribution is -0.127. The molecule has 0 spiro atoms. The van der Waals surface area contributed by atoms with Crippen LogP contribution in [0, 0.1) is 17.1 Å². The fourth-order valence-electron chi connectivity index (χ4n) is 17.1. The Hall–Kier alpha value is -8.62. The van der Waals surface area contributed by atoms with Crippen molar-refractivity contribution in [2.75, 3.05) is 87.8 Å². The predicted molar refractivity (Wildman–Crippen MR) is 367 cm³/mol. The number of hydrogen-bond acceptors (Lipinski definition) is 18. The first-order valence-corrected chi connectivity index (χ1v) is 34.8. The molecular weight excluding hydrogens is 1280 g/mol. The summed E-state index contributed by atoms with van der Waals surface area (Å²) in [5.74, 6) is 1.49. The summed E-state index contributed by atoms with van der Waals surface area (Å²) >= 11 is 14.2. The molecule has 24 heteroatoms. The van der Waals surface area contributed by atoms with Gasteiger partial charge in [0.25, 0.3) is 5.89 Å². The van der Waals surface area contributed by atoms with E-state index in [0.717, 1.165) is 110 Å². The molecule has 0 N–H and O–H groups in total. The minimum absolute atomic E-state index is 0.0122. The van der Waals surface area contributed by atoms with Crippen molar-refractivity contribution in [3.63, 3.8) is 0 Å². The van der Waals surface area contributed by atoms with Crippen LogP contribution in [0.1, 0.15) is 118 Å². The molecule has 7 atom stereocenters. The van der Waals surface area contributed by atoms with Crippen LogP contribution in [0.4, 0.5) is 26.1 Å². The molecule has 16 rings (SSSR count). The van der Waals surface area contributed by atoms with Gasteiger partial charge < -0.3 is 38.5 Å². The van der Waals surface area contributed by atoms with Gasteiger partial charge in [0.1, 0.15) is 42.2 Å². The Kier molecular flexibility index (Phi) is 16.5. The molecule has 97 heavy (non-hydrogen) atoms. The molecule has 0 radical (unpaired) electrons. The number of carbonyl (C=O) groups excluding carboxylic acids is 2. The van der Waals surface area contributed by atoms with Crippen LogP contribution in [0.3, 0.4) is 0 Å². The summed E-state index contributed by atoms with van der Waals surface area (Å²) in [6.45, 7) is 8.82. The van der Waals surface area contributed by atoms with Crippen LogP contribution in [-0.4, -0.2) is 175 Å². The standard InChI is InChI=1S/C73H75Cl2F2N15O5/c1-4-60(93)91-39-48(34-46(91)23-29-78)87(3)69-53-36-79-65(52-13-5-10-43-11-6-14-54(74)62(43)52)64(77)66(53)82-71(84-69)95-41-72-26-9-31-92(72)57(22-28-72)49-18-19-58(63-50(49)12-7-15-55(63)75)88-33-25-51-56(40-88)80-70(96-42-73-27-8-30-90(73)37-45(76)35-73)83-68(51)86(2)47-24-32-89(38-47)61(94)21-20-59-81-67(85-97-59)44-16-17-44/h4-7,10-15,18-21,36,44-48,57H,1,8-9,16-17,22-28,30-35,37-42H2,2-3H3/b21-20+/t45-,46-,47-,48-,57?,72?,73?/m1/s1. The molecule has 8 aromatic rings. The molecule has 7 fully saturated rings. The molecule has 1 aliphatic carbocycles. The van der Waals surface area contributed by atoms with Gasteiger partial charge in [0.05, 0.1) is 46.2 Å². The van der Waals surface area contributed by atoms with Crippen molar-refractivity contribution < 1.29 is 32.4 Å². The highest BCUT2D eigenvalue weighted by Crippen LogP contribution is 2.52. The second-order valence-electron chi connectivity index (χ2n) is 27.8. The number of anilines is 3. The Morgan fingerprint density at radius 3 is 2.40 bits per heavy atom. The van der Waals surface area contributed by atoms with Crippen molar-refractivity contribution in [3.05, 3.63) is 136 Å². The molecule has 4 aromatic heterocycles. The van der Waals surface area contributed by atoms with E-state index in [1.807, 2.05) is 60.3 Å². The third kappa shape index (κ3) is 11.4. The lowest BCUT2D eigenvalue weighted by Crippen LogP contribution is -2.44. The highest BCUT2D eigenvalue weighted by Gasteiger charge is 2.52.